The van der Waals surface area contributed by atoms with Crippen LogP contribution in [-0.2, 0) is 6.42 Å². The number of benzene rings is 1. The van der Waals surface area contributed by atoms with E-state index in [2.05, 4.69) is 34.1 Å². The molecule has 1 aromatic rings. The number of rotatable bonds is 1. The van der Waals surface area contributed by atoms with Crippen LogP contribution in [0.4, 0.5) is 0 Å². The molecule has 1 nitrogen and oxygen atoms in total. The SMILES string of the molecule is Cc1cc(CC#N)c(C)cc1Br. The van der Waals surface area contributed by atoms with Gasteiger partial charge < -0.3 is 0 Å². The quantitative estimate of drug-likeness (QED) is 0.718. The van der Waals surface area contributed by atoms with Crippen molar-refractivity contribution in [3.63, 3.8) is 0 Å². The van der Waals surface area contributed by atoms with E-state index in [4.69, 9.17) is 5.26 Å². The fourth-order valence-corrected chi connectivity index (χ4v) is 1.57. The molecule has 0 radical (unpaired) electrons. The normalized spacial score (nSPS) is 9.50. The van der Waals surface area contributed by atoms with Gasteiger partial charge in [-0.1, -0.05) is 22.0 Å². The van der Waals surface area contributed by atoms with Crippen LogP contribution < -0.4 is 0 Å². The molecule has 0 amide bonds. The molecule has 62 valence electrons. The third-order valence-electron chi connectivity index (χ3n) is 1.89. The first-order chi connectivity index (χ1) is 5.65. The summed E-state index contributed by atoms with van der Waals surface area (Å²) >= 11 is 3.45. The molecule has 2 heteroatoms. The number of hydrogen-bond acceptors (Lipinski definition) is 1. The summed E-state index contributed by atoms with van der Waals surface area (Å²) in [4.78, 5) is 0. The van der Waals surface area contributed by atoms with Gasteiger partial charge in [-0.15, -0.1) is 0 Å². The molecule has 0 fully saturated rings. The van der Waals surface area contributed by atoms with E-state index in [0.717, 1.165) is 10.0 Å². The molecule has 0 saturated heterocycles. The Balaban J connectivity index is 3.16. The topological polar surface area (TPSA) is 23.8 Å². The molecule has 0 atom stereocenters. The average Bonchev–Trinajstić information content (AvgIpc) is 2.01. The third-order valence-corrected chi connectivity index (χ3v) is 2.74. The lowest BCUT2D eigenvalue weighted by Crippen LogP contribution is -1.89. The molecule has 0 spiro atoms. The Morgan fingerprint density at radius 1 is 1.33 bits per heavy atom. The van der Waals surface area contributed by atoms with E-state index in [-0.39, 0.29) is 0 Å². The zero-order chi connectivity index (χ0) is 9.14. The lowest BCUT2D eigenvalue weighted by atomic mass is 10.0. The highest BCUT2D eigenvalue weighted by Crippen LogP contribution is 2.20. The molecular formula is C10H10BrN. The highest BCUT2D eigenvalue weighted by molar-refractivity contribution is 9.10. The van der Waals surface area contributed by atoms with E-state index in [1.165, 1.54) is 11.1 Å². The summed E-state index contributed by atoms with van der Waals surface area (Å²) in [5, 5.41) is 8.54. The zero-order valence-electron chi connectivity index (χ0n) is 7.19. The standard InChI is InChI=1S/C10H10BrN/c1-7-6-10(11)8(2)5-9(7)3-4-12/h5-6H,3H2,1-2H3. The first kappa shape index (κ1) is 9.28. The number of halogens is 1. The molecule has 0 aliphatic heterocycles. The Labute approximate surface area is 81.2 Å². The summed E-state index contributed by atoms with van der Waals surface area (Å²) in [6, 6.07) is 6.27. The van der Waals surface area contributed by atoms with Gasteiger partial charge in [-0.3, -0.25) is 0 Å². The second-order valence-corrected chi connectivity index (χ2v) is 3.72. The van der Waals surface area contributed by atoms with Crippen molar-refractivity contribution < 1.29 is 0 Å². The van der Waals surface area contributed by atoms with Gasteiger partial charge in [0.2, 0.25) is 0 Å². The molecule has 0 aliphatic carbocycles. The van der Waals surface area contributed by atoms with Gasteiger partial charge in [0.1, 0.15) is 0 Å². The van der Waals surface area contributed by atoms with Gasteiger partial charge >= 0.3 is 0 Å². The number of nitrogens with zero attached hydrogens (tertiary/aromatic N) is 1. The molecule has 0 aromatic heterocycles. The van der Waals surface area contributed by atoms with Crippen molar-refractivity contribution >= 4 is 15.9 Å². The zero-order valence-corrected chi connectivity index (χ0v) is 8.77. The minimum absolute atomic E-state index is 0.500. The molecule has 0 N–H and O–H groups in total. The summed E-state index contributed by atoms with van der Waals surface area (Å²) in [6.45, 7) is 4.06. The van der Waals surface area contributed by atoms with Gasteiger partial charge in [0.25, 0.3) is 0 Å². The van der Waals surface area contributed by atoms with Crippen molar-refractivity contribution in [3.05, 3.63) is 33.3 Å². The van der Waals surface area contributed by atoms with Crippen molar-refractivity contribution in [2.24, 2.45) is 0 Å². The number of nitriles is 1. The highest BCUT2D eigenvalue weighted by atomic mass is 79.9. The molecule has 1 rings (SSSR count). The Hall–Kier alpha value is -0.810. The predicted octanol–water partition coefficient (Wildman–Crippen LogP) is 3.13. The smallest absolute Gasteiger partial charge is 0.0669 e. The van der Waals surface area contributed by atoms with E-state index in [1.807, 2.05) is 13.8 Å². The Kier molecular flexibility index (Phi) is 2.88. The van der Waals surface area contributed by atoms with Crippen LogP contribution in [0.2, 0.25) is 0 Å². The average molecular weight is 224 g/mol. The van der Waals surface area contributed by atoms with Gasteiger partial charge in [0.05, 0.1) is 12.5 Å². The fraction of sp³-hybridized carbons (Fsp3) is 0.300. The Morgan fingerprint density at radius 3 is 2.58 bits per heavy atom. The molecule has 0 heterocycles. The van der Waals surface area contributed by atoms with E-state index in [0.29, 0.717) is 6.42 Å². The van der Waals surface area contributed by atoms with Gasteiger partial charge in [-0.05, 0) is 36.6 Å². The molecule has 12 heavy (non-hydrogen) atoms. The second kappa shape index (κ2) is 3.73. The monoisotopic (exact) mass is 223 g/mol. The number of hydrogen-bond donors (Lipinski definition) is 0. The predicted molar refractivity (Wildman–Crippen MR) is 52.9 cm³/mol. The minimum Gasteiger partial charge on any atom is -0.198 e. The Morgan fingerprint density at radius 2 is 2.00 bits per heavy atom. The van der Waals surface area contributed by atoms with Crippen LogP contribution in [0.5, 0.6) is 0 Å². The van der Waals surface area contributed by atoms with E-state index in [1.54, 1.807) is 0 Å². The summed E-state index contributed by atoms with van der Waals surface area (Å²) in [5.74, 6) is 0. The largest absolute Gasteiger partial charge is 0.198 e. The van der Waals surface area contributed by atoms with Crippen LogP contribution in [-0.4, -0.2) is 0 Å². The molecule has 0 aliphatic rings. The van der Waals surface area contributed by atoms with Gasteiger partial charge in [-0.2, -0.15) is 5.26 Å². The molecule has 0 bridgehead atoms. The van der Waals surface area contributed by atoms with E-state index >= 15 is 0 Å². The van der Waals surface area contributed by atoms with Crippen molar-refractivity contribution in [2.45, 2.75) is 20.3 Å². The highest BCUT2D eigenvalue weighted by Gasteiger charge is 2.01. The Bertz CT molecular complexity index is 336. The van der Waals surface area contributed by atoms with Crippen molar-refractivity contribution in [1.29, 1.82) is 5.26 Å². The summed E-state index contributed by atoms with van der Waals surface area (Å²) in [7, 11) is 0. The first-order valence-corrected chi connectivity index (χ1v) is 4.57. The molecule has 0 unspecified atom stereocenters. The van der Waals surface area contributed by atoms with Gasteiger partial charge in [-0.25, -0.2) is 0 Å². The van der Waals surface area contributed by atoms with Crippen LogP contribution in [0.3, 0.4) is 0 Å². The van der Waals surface area contributed by atoms with Crippen LogP contribution in [0.25, 0.3) is 0 Å². The fourth-order valence-electron chi connectivity index (χ4n) is 1.12. The van der Waals surface area contributed by atoms with Gasteiger partial charge in [0.15, 0.2) is 0 Å². The summed E-state index contributed by atoms with van der Waals surface area (Å²) in [6.07, 6.45) is 0.500. The van der Waals surface area contributed by atoms with Crippen LogP contribution in [0.15, 0.2) is 16.6 Å². The summed E-state index contributed by atoms with van der Waals surface area (Å²) in [5.41, 5.74) is 3.48. The van der Waals surface area contributed by atoms with Crippen molar-refractivity contribution in [3.8, 4) is 6.07 Å². The maximum Gasteiger partial charge on any atom is 0.0669 e. The lowest BCUT2D eigenvalue weighted by Gasteiger charge is -2.04. The van der Waals surface area contributed by atoms with Crippen LogP contribution in [0, 0.1) is 25.2 Å². The molecule has 1 aromatic carbocycles. The molecule has 0 saturated carbocycles. The second-order valence-electron chi connectivity index (χ2n) is 2.86. The van der Waals surface area contributed by atoms with Crippen molar-refractivity contribution in [1.82, 2.24) is 0 Å². The number of aryl methyl sites for hydroxylation is 2. The van der Waals surface area contributed by atoms with Gasteiger partial charge in [0, 0.05) is 4.47 Å². The third kappa shape index (κ3) is 1.86. The maximum atomic E-state index is 8.54. The lowest BCUT2D eigenvalue weighted by molar-refractivity contribution is 1.19. The summed E-state index contributed by atoms with van der Waals surface area (Å²) < 4.78 is 1.11. The van der Waals surface area contributed by atoms with Crippen molar-refractivity contribution in [2.75, 3.05) is 0 Å². The maximum absolute atomic E-state index is 8.54. The van der Waals surface area contributed by atoms with E-state index in [9.17, 15) is 0 Å². The molecular weight excluding hydrogens is 214 g/mol. The first-order valence-electron chi connectivity index (χ1n) is 3.77. The van der Waals surface area contributed by atoms with Crippen LogP contribution >= 0.6 is 15.9 Å². The van der Waals surface area contributed by atoms with Crippen LogP contribution in [0.1, 0.15) is 16.7 Å². The van der Waals surface area contributed by atoms with E-state index < -0.39 is 0 Å². The minimum atomic E-state index is 0.500.